The van der Waals surface area contributed by atoms with E-state index in [4.69, 9.17) is 4.74 Å². The molecule has 1 N–H and O–H groups in total. The fourth-order valence-electron chi connectivity index (χ4n) is 3.51. The topological polar surface area (TPSA) is 75.7 Å². The molecule has 138 valence electrons. The second-order valence-electron chi connectivity index (χ2n) is 6.76. The molecule has 1 aliphatic heterocycles. The number of amides is 1. The molecule has 1 fully saturated rings. The lowest BCUT2D eigenvalue weighted by Crippen LogP contribution is -2.51. The zero-order chi connectivity index (χ0) is 17.9. The highest BCUT2D eigenvalue weighted by Crippen LogP contribution is 2.35. The number of fused-ring (bicyclic) bond motifs is 1. The third-order valence-corrected chi connectivity index (χ3v) is 6.76. The average Bonchev–Trinajstić information content (AvgIpc) is 2.66. The third kappa shape index (κ3) is 4.08. The molecule has 6 nitrogen and oxygen atoms in total. The molecular weight excluding hydrogens is 340 g/mol. The number of rotatable bonds is 5. The molecular formula is C18H26N2O4S. The van der Waals surface area contributed by atoms with Gasteiger partial charge in [-0.1, -0.05) is 31.4 Å². The summed E-state index contributed by atoms with van der Waals surface area (Å²) in [4.78, 5) is 12.6. The lowest BCUT2D eigenvalue weighted by atomic mass is 9.89. The van der Waals surface area contributed by atoms with Gasteiger partial charge in [-0.3, -0.25) is 9.10 Å². The van der Waals surface area contributed by atoms with Gasteiger partial charge in [-0.2, -0.15) is 0 Å². The molecule has 3 rings (SSSR count). The van der Waals surface area contributed by atoms with E-state index in [1.165, 1.54) is 23.6 Å². The summed E-state index contributed by atoms with van der Waals surface area (Å²) in [6.45, 7) is 2.26. The van der Waals surface area contributed by atoms with Crippen molar-refractivity contribution in [2.45, 2.75) is 45.1 Å². The standard InChI is InChI=1S/C18H26N2O4S/c1-2-25(22,23)20-13-17(24-16-11-7-6-10-15(16)20)18(21)19-12-14-8-4-3-5-9-14/h6-7,10-11,14,17H,2-5,8-9,12-13H2,1H3,(H,19,21). The first-order valence-electron chi connectivity index (χ1n) is 9.05. The van der Waals surface area contributed by atoms with Crippen molar-refractivity contribution >= 4 is 21.6 Å². The van der Waals surface area contributed by atoms with Crippen molar-refractivity contribution in [2.24, 2.45) is 5.92 Å². The third-order valence-electron chi connectivity index (χ3n) is 5.02. The molecule has 7 heteroatoms. The van der Waals surface area contributed by atoms with Gasteiger partial charge >= 0.3 is 0 Å². The van der Waals surface area contributed by atoms with Crippen molar-refractivity contribution in [1.82, 2.24) is 5.32 Å². The summed E-state index contributed by atoms with van der Waals surface area (Å²) >= 11 is 0. The minimum Gasteiger partial charge on any atom is -0.476 e. The normalized spacial score (nSPS) is 21.3. The summed E-state index contributed by atoms with van der Waals surface area (Å²) in [5.74, 6) is 0.696. The van der Waals surface area contributed by atoms with Crippen LogP contribution in [0.25, 0.3) is 0 Å². The highest BCUT2D eigenvalue weighted by atomic mass is 32.2. The van der Waals surface area contributed by atoms with Gasteiger partial charge < -0.3 is 10.1 Å². The largest absolute Gasteiger partial charge is 0.476 e. The highest BCUT2D eigenvalue weighted by molar-refractivity contribution is 7.92. The van der Waals surface area contributed by atoms with Crippen molar-refractivity contribution in [3.8, 4) is 5.75 Å². The molecule has 2 aliphatic rings. The number of ether oxygens (including phenoxy) is 1. The smallest absolute Gasteiger partial charge is 0.263 e. The van der Waals surface area contributed by atoms with Crippen LogP contribution in [0.3, 0.4) is 0 Å². The van der Waals surface area contributed by atoms with Gasteiger partial charge in [-0.25, -0.2) is 8.42 Å². The number of carbonyl (C=O) groups is 1. The van der Waals surface area contributed by atoms with Gasteiger partial charge in [0, 0.05) is 6.54 Å². The number of carbonyl (C=O) groups excluding carboxylic acids is 1. The van der Waals surface area contributed by atoms with Crippen LogP contribution in [0.2, 0.25) is 0 Å². The monoisotopic (exact) mass is 366 g/mol. The minimum absolute atomic E-state index is 0.0161. The first-order valence-corrected chi connectivity index (χ1v) is 10.7. The van der Waals surface area contributed by atoms with E-state index >= 15 is 0 Å². The van der Waals surface area contributed by atoms with E-state index in [0.717, 1.165) is 12.8 Å². The predicted octanol–water partition coefficient (Wildman–Crippen LogP) is 2.30. The number of nitrogens with one attached hydrogen (secondary N) is 1. The summed E-state index contributed by atoms with van der Waals surface area (Å²) in [6.07, 6.45) is 5.18. The minimum atomic E-state index is -3.46. The van der Waals surface area contributed by atoms with Crippen LogP contribution in [0.4, 0.5) is 5.69 Å². The average molecular weight is 366 g/mol. The molecule has 1 aromatic carbocycles. The van der Waals surface area contributed by atoms with E-state index in [-0.39, 0.29) is 18.2 Å². The Morgan fingerprint density at radius 3 is 2.68 bits per heavy atom. The maximum Gasteiger partial charge on any atom is 0.263 e. The zero-order valence-corrected chi connectivity index (χ0v) is 15.4. The molecule has 1 amide bonds. The van der Waals surface area contributed by atoms with E-state index in [1.54, 1.807) is 31.2 Å². The van der Waals surface area contributed by atoms with Gasteiger partial charge in [0.1, 0.15) is 5.75 Å². The molecule has 0 spiro atoms. The number of hydrogen-bond acceptors (Lipinski definition) is 4. The highest BCUT2D eigenvalue weighted by Gasteiger charge is 2.35. The molecule has 1 aliphatic carbocycles. The molecule has 0 saturated heterocycles. The van der Waals surface area contributed by atoms with Gasteiger partial charge in [-0.05, 0) is 37.8 Å². The number of nitrogens with zero attached hydrogens (tertiary/aromatic N) is 1. The Hall–Kier alpha value is -1.76. The molecule has 0 bridgehead atoms. The molecule has 1 heterocycles. The summed E-state index contributed by atoms with van der Waals surface area (Å²) in [6, 6.07) is 6.95. The van der Waals surface area contributed by atoms with E-state index in [9.17, 15) is 13.2 Å². The van der Waals surface area contributed by atoms with Crippen LogP contribution in [-0.2, 0) is 14.8 Å². The number of anilines is 1. The van der Waals surface area contributed by atoms with Crippen molar-refractivity contribution < 1.29 is 17.9 Å². The van der Waals surface area contributed by atoms with Crippen LogP contribution >= 0.6 is 0 Å². The van der Waals surface area contributed by atoms with Crippen LogP contribution in [0.5, 0.6) is 5.75 Å². The molecule has 1 saturated carbocycles. The Morgan fingerprint density at radius 2 is 1.96 bits per heavy atom. The fraction of sp³-hybridized carbons (Fsp3) is 0.611. The number of sulfonamides is 1. The lowest BCUT2D eigenvalue weighted by molar-refractivity contribution is -0.128. The molecule has 0 aromatic heterocycles. The molecule has 1 atom stereocenters. The van der Waals surface area contributed by atoms with E-state index in [2.05, 4.69) is 5.32 Å². The first kappa shape index (κ1) is 18.0. The summed E-state index contributed by atoms with van der Waals surface area (Å²) in [7, 11) is -3.46. The van der Waals surface area contributed by atoms with Gasteiger partial charge in [-0.15, -0.1) is 0 Å². The predicted molar refractivity (Wildman–Crippen MR) is 97.2 cm³/mol. The Morgan fingerprint density at radius 1 is 1.24 bits per heavy atom. The Balaban J connectivity index is 1.71. The maximum absolute atomic E-state index is 12.6. The molecule has 0 radical (unpaired) electrons. The second-order valence-corrected chi connectivity index (χ2v) is 8.94. The second kappa shape index (κ2) is 7.64. The fourth-order valence-corrected chi connectivity index (χ4v) is 4.63. The summed E-state index contributed by atoms with van der Waals surface area (Å²) in [5, 5.41) is 2.96. The van der Waals surface area contributed by atoms with Gasteiger partial charge in [0.2, 0.25) is 10.0 Å². The number of hydrogen-bond donors (Lipinski definition) is 1. The lowest BCUT2D eigenvalue weighted by Gasteiger charge is -2.34. The number of benzene rings is 1. The van der Waals surface area contributed by atoms with Crippen LogP contribution in [-0.4, -0.2) is 39.3 Å². The van der Waals surface area contributed by atoms with Crippen LogP contribution in [0.15, 0.2) is 24.3 Å². The first-order chi connectivity index (χ1) is 12.0. The number of para-hydroxylation sites is 2. The molecule has 25 heavy (non-hydrogen) atoms. The van der Waals surface area contributed by atoms with Gasteiger partial charge in [0.25, 0.3) is 5.91 Å². The van der Waals surface area contributed by atoms with E-state index in [1.807, 2.05) is 0 Å². The van der Waals surface area contributed by atoms with Crippen LogP contribution in [0, 0.1) is 5.92 Å². The van der Waals surface area contributed by atoms with E-state index < -0.39 is 16.1 Å². The maximum atomic E-state index is 12.6. The van der Waals surface area contributed by atoms with Crippen molar-refractivity contribution in [1.29, 1.82) is 0 Å². The Bertz CT molecular complexity index is 714. The van der Waals surface area contributed by atoms with Crippen LogP contribution < -0.4 is 14.4 Å². The van der Waals surface area contributed by atoms with Gasteiger partial charge in [0.15, 0.2) is 6.10 Å². The van der Waals surface area contributed by atoms with Gasteiger partial charge in [0.05, 0.1) is 18.0 Å². The molecule has 1 aromatic rings. The van der Waals surface area contributed by atoms with Crippen molar-refractivity contribution in [2.75, 3.05) is 23.1 Å². The zero-order valence-electron chi connectivity index (χ0n) is 14.6. The summed E-state index contributed by atoms with van der Waals surface area (Å²) < 4.78 is 31.9. The van der Waals surface area contributed by atoms with Crippen LogP contribution in [0.1, 0.15) is 39.0 Å². The Labute approximate surface area is 149 Å². The van der Waals surface area contributed by atoms with Crippen molar-refractivity contribution in [3.05, 3.63) is 24.3 Å². The SMILES string of the molecule is CCS(=O)(=O)N1CC(C(=O)NCC2CCCCC2)Oc2ccccc21. The molecule has 1 unspecified atom stereocenters. The summed E-state index contributed by atoms with van der Waals surface area (Å²) in [5.41, 5.74) is 0.501. The van der Waals surface area contributed by atoms with Crippen molar-refractivity contribution in [3.63, 3.8) is 0 Å². The Kier molecular flexibility index (Phi) is 5.51. The quantitative estimate of drug-likeness (QED) is 0.868. The van der Waals surface area contributed by atoms with E-state index in [0.29, 0.717) is 23.9 Å².